The number of hydrogen-bond acceptors (Lipinski definition) is 3. The zero-order chi connectivity index (χ0) is 19.3. The minimum atomic E-state index is -4.28. The first-order chi connectivity index (χ1) is 13.0. The molecule has 1 aliphatic rings. The topological polar surface area (TPSA) is 29.0 Å². The second kappa shape index (κ2) is 8.83. The third-order valence-electron chi connectivity index (χ3n) is 5.23. The number of aryl methyl sites for hydroxylation is 2. The standard InChI is InChI=1S/C21H26F3N3/c1-2-20-25-12-17(13-26-20)15-27-11-5-6-16(14-27)9-10-18-7-3-4-8-19(18)21(22,23)24/h3-4,7-8,12-13,16H,2,5-6,9-11,14-15H2,1H3/t16-/m1/s1. The van der Waals surface area contributed by atoms with Gasteiger partial charge in [-0.1, -0.05) is 25.1 Å². The van der Waals surface area contributed by atoms with Crippen molar-refractivity contribution in [2.45, 2.75) is 51.7 Å². The molecule has 1 fully saturated rings. The summed E-state index contributed by atoms with van der Waals surface area (Å²) in [5.74, 6) is 1.27. The molecule has 1 atom stereocenters. The van der Waals surface area contributed by atoms with Crippen molar-refractivity contribution in [2.75, 3.05) is 13.1 Å². The Bertz CT molecular complexity index is 728. The number of halogens is 3. The molecule has 27 heavy (non-hydrogen) atoms. The van der Waals surface area contributed by atoms with Crippen molar-refractivity contribution in [1.29, 1.82) is 0 Å². The van der Waals surface area contributed by atoms with E-state index in [1.807, 2.05) is 19.3 Å². The third-order valence-corrected chi connectivity index (χ3v) is 5.23. The molecule has 0 amide bonds. The Morgan fingerprint density at radius 1 is 1.15 bits per heavy atom. The first-order valence-electron chi connectivity index (χ1n) is 9.63. The summed E-state index contributed by atoms with van der Waals surface area (Å²) in [5.41, 5.74) is 1.01. The van der Waals surface area contributed by atoms with Crippen LogP contribution >= 0.6 is 0 Å². The summed E-state index contributed by atoms with van der Waals surface area (Å²) in [4.78, 5) is 11.1. The molecule has 1 aromatic carbocycles. The lowest BCUT2D eigenvalue weighted by Crippen LogP contribution is -2.35. The van der Waals surface area contributed by atoms with Crippen molar-refractivity contribution in [2.24, 2.45) is 5.92 Å². The van der Waals surface area contributed by atoms with E-state index in [9.17, 15) is 13.2 Å². The fourth-order valence-corrected chi connectivity index (χ4v) is 3.81. The molecule has 0 bridgehead atoms. The molecular formula is C21H26F3N3. The number of benzene rings is 1. The molecule has 6 heteroatoms. The molecule has 3 nitrogen and oxygen atoms in total. The largest absolute Gasteiger partial charge is 0.416 e. The molecule has 2 heterocycles. The van der Waals surface area contributed by atoms with Crippen LogP contribution in [0, 0.1) is 5.92 Å². The van der Waals surface area contributed by atoms with Gasteiger partial charge < -0.3 is 0 Å². The van der Waals surface area contributed by atoms with Gasteiger partial charge in [0, 0.05) is 37.5 Å². The second-order valence-electron chi connectivity index (χ2n) is 7.30. The highest BCUT2D eigenvalue weighted by Gasteiger charge is 2.33. The Morgan fingerprint density at radius 3 is 2.59 bits per heavy atom. The van der Waals surface area contributed by atoms with Crippen molar-refractivity contribution < 1.29 is 13.2 Å². The van der Waals surface area contributed by atoms with Crippen LogP contribution in [0.2, 0.25) is 0 Å². The van der Waals surface area contributed by atoms with Crippen molar-refractivity contribution in [3.8, 4) is 0 Å². The molecule has 0 saturated carbocycles. The summed E-state index contributed by atoms with van der Waals surface area (Å²) < 4.78 is 39.5. The lowest BCUT2D eigenvalue weighted by atomic mass is 9.90. The summed E-state index contributed by atoms with van der Waals surface area (Å²) in [6, 6.07) is 5.94. The van der Waals surface area contributed by atoms with Crippen molar-refractivity contribution in [3.63, 3.8) is 0 Å². The van der Waals surface area contributed by atoms with Gasteiger partial charge in [0.25, 0.3) is 0 Å². The molecule has 2 aromatic rings. The van der Waals surface area contributed by atoms with Gasteiger partial charge in [-0.2, -0.15) is 13.2 Å². The van der Waals surface area contributed by atoms with Crippen LogP contribution < -0.4 is 0 Å². The lowest BCUT2D eigenvalue weighted by Gasteiger charge is -2.32. The monoisotopic (exact) mass is 377 g/mol. The van der Waals surface area contributed by atoms with Crippen LogP contribution in [0.1, 0.15) is 48.7 Å². The summed E-state index contributed by atoms with van der Waals surface area (Å²) >= 11 is 0. The van der Waals surface area contributed by atoms with Gasteiger partial charge in [-0.05, 0) is 49.8 Å². The lowest BCUT2D eigenvalue weighted by molar-refractivity contribution is -0.138. The Kier molecular flexibility index (Phi) is 6.47. The van der Waals surface area contributed by atoms with Gasteiger partial charge >= 0.3 is 6.18 Å². The van der Waals surface area contributed by atoms with E-state index < -0.39 is 11.7 Å². The number of likely N-dealkylation sites (tertiary alicyclic amines) is 1. The van der Waals surface area contributed by atoms with Gasteiger partial charge in [-0.3, -0.25) is 4.90 Å². The van der Waals surface area contributed by atoms with Crippen molar-refractivity contribution in [3.05, 3.63) is 59.2 Å². The number of piperidine rings is 1. The average Bonchev–Trinajstić information content (AvgIpc) is 2.67. The van der Waals surface area contributed by atoms with Crippen LogP contribution in [0.3, 0.4) is 0 Å². The van der Waals surface area contributed by atoms with E-state index in [2.05, 4.69) is 14.9 Å². The molecule has 1 aliphatic heterocycles. The van der Waals surface area contributed by atoms with Gasteiger partial charge in [0.15, 0.2) is 0 Å². The van der Waals surface area contributed by atoms with Crippen LogP contribution in [0.4, 0.5) is 13.2 Å². The molecule has 0 radical (unpaired) electrons. The number of aromatic nitrogens is 2. The molecule has 0 spiro atoms. The Balaban J connectivity index is 1.56. The van der Waals surface area contributed by atoms with E-state index in [0.717, 1.165) is 56.7 Å². The van der Waals surface area contributed by atoms with E-state index in [4.69, 9.17) is 0 Å². The van der Waals surface area contributed by atoms with E-state index >= 15 is 0 Å². The number of hydrogen-bond donors (Lipinski definition) is 0. The Labute approximate surface area is 158 Å². The van der Waals surface area contributed by atoms with Crippen LogP contribution in [0.25, 0.3) is 0 Å². The first kappa shape index (κ1) is 19.8. The summed E-state index contributed by atoms with van der Waals surface area (Å²) in [6.07, 6.45) is 3.74. The summed E-state index contributed by atoms with van der Waals surface area (Å²) in [5, 5.41) is 0. The quantitative estimate of drug-likeness (QED) is 0.717. The molecule has 146 valence electrons. The van der Waals surface area contributed by atoms with Gasteiger partial charge in [0.05, 0.1) is 5.56 Å². The molecule has 1 aromatic heterocycles. The second-order valence-corrected chi connectivity index (χ2v) is 7.30. The van der Waals surface area contributed by atoms with Gasteiger partial charge in [-0.25, -0.2) is 9.97 Å². The maximum absolute atomic E-state index is 13.2. The zero-order valence-corrected chi connectivity index (χ0v) is 15.7. The van der Waals surface area contributed by atoms with Gasteiger partial charge in [-0.15, -0.1) is 0 Å². The molecular weight excluding hydrogens is 351 g/mol. The maximum atomic E-state index is 13.2. The fraction of sp³-hybridized carbons (Fsp3) is 0.524. The highest BCUT2D eigenvalue weighted by molar-refractivity contribution is 5.29. The molecule has 1 saturated heterocycles. The van der Waals surface area contributed by atoms with E-state index in [0.29, 0.717) is 17.9 Å². The predicted molar refractivity (Wildman–Crippen MR) is 99.2 cm³/mol. The van der Waals surface area contributed by atoms with E-state index in [1.165, 1.54) is 12.1 Å². The molecule has 3 rings (SSSR count). The summed E-state index contributed by atoms with van der Waals surface area (Å²) in [7, 11) is 0. The van der Waals surface area contributed by atoms with Crippen LogP contribution in [0.5, 0.6) is 0 Å². The average molecular weight is 377 g/mol. The summed E-state index contributed by atoms with van der Waals surface area (Å²) in [6.45, 7) is 4.77. The van der Waals surface area contributed by atoms with Crippen LogP contribution in [-0.2, 0) is 25.6 Å². The minimum absolute atomic E-state index is 0.408. The SMILES string of the molecule is CCc1ncc(CN2CCC[C@H](CCc3ccccc3C(F)(F)F)C2)cn1. The third kappa shape index (κ3) is 5.51. The normalized spacial score (nSPS) is 18.6. The van der Waals surface area contributed by atoms with Crippen LogP contribution in [0.15, 0.2) is 36.7 Å². The minimum Gasteiger partial charge on any atom is -0.299 e. The fourth-order valence-electron chi connectivity index (χ4n) is 3.81. The zero-order valence-electron chi connectivity index (χ0n) is 15.7. The Hall–Kier alpha value is -1.95. The predicted octanol–water partition coefficient (Wildman–Crippen LogP) is 4.90. The van der Waals surface area contributed by atoms with Crippen molar-refractivity contribution >= 4 is 0 Å². The number of rotatable bonds is 6. The molecule has 0 unspecified atom stereocenters. The van der Waals surface area contributed by atoms with Crippen LogP contribution in [-0.4, -0.2) is 28.0 Å². The highest BCUT2D eigenvalue weighted by Crippen LogP contribution is 2.33. The number of nitrogens with zero attached hydrogens (tertiary/aromatic N) is 3. The Morgan fingerprint density at radius 2 is 1.89 bits per heavy atom. The molecule has 0 N–H and O–H groups in total. The van der Waals surface area contributed by atoms with E-state index in [-0.39, 0.29) is 0 Å². The van der Waals surface area contributed by atoms with Gasteiger partial charge in [0.1, 0.15) is 5.82 Å². The molecule has 0 aliphatic carbocycles. The van der Waals surface area contributed by atoms with Gasteiger partial charge in [0.2, 0.25) is 0 Å². The highest BCUT2D eigenvalue weighted by atomic mass is 19.4. The number of alkyl halides is 3. The van der Waals surface area contributed by atoms with Crippen molar-refractivity contribution in [1.82, 2.24) is 14.9 Å². The smallest absolute Gasteiger partial charge is 0.299 e. The maximum Gasteiger partial charge on any atom is 0.416 e. The van der Waals surface area contributed by atoms with E-state index in [1.54, 1.807) is 12.1 Å². The first-order valence-corrected chi connectivity index (χ1v) is 9.63.